The van der Waals surface area contributed by atoms with Crippen molar-refractivity contribution in [3.8, 4) is 0 Å². The van der Waals surface area contributed by atoms with E-state index in [2.05, 4.69) is 0 Å². The van der Waals surface area contributed by atoms with Gasteiger partial charge in [0, 0.05) is 32.3 Å². The summed E-state index contributed by atoms with van der Waals surface area (Å²) in [6.45, 7) is 1.34. The van der Waals surface area contributed by atoms with Crippen LogP contribution >= 0.6 is 0 Å². The van der Waals surface area contributed by atoms with Gasteiger partial charge in [-0.25, -0.2) is 0 Å². The zero-order valence-electron chi connectivity index (χ0n) is 18.8. The Balaban J connectivity index is 1.31. The normalized spacial score (nSPS) is 40.8. The van der Waals surface area contributed by atoms with E-state index in [1.807, 2.05) is 0 Å². The lowest BCUT2D eigenvalue weighted by atomic mass is 9.85. The molecule has 5 aliphatic rings. The van der Waals surface area contributed by atoms with Gasteiger partial charge in [-0.15, -0.1) is 0 Å². The van der Waals surface area contributed by atoms with Crippen LogP contribution in [0.25, 0.3) is 0 Å². The van der Waals surface area contributed by atoms with Gasteiger partial charge in [0.15, 0.2) is 11.6 Å². The molecule has 3 N–H and O–H groups in total. The molecule has 0 aromatic rings. The maximum absolute atomic E-state index is 11.3. The van der Waals surface area contributed by atoms with Crippen LogP contribution in [0.5, 0.6) is 0 Å². The molecule has 3 aliphatic carbocycles. The maximum Gasteiger partial charge on any atom is 0.169 e. The molecule has 178 valence electrons. The molecule has 0 bridgehead atoms. The van der Waals surface area contributed by atoms with Gasteiger partial charge in [0.25, 0.3) is 0 Å². The SMILES string of the molecule is NCCCCCCO[C@H]1[C@H](O)[C@H]2OC3(CCCCC3)O[C@H]2[C@H]2OC3(CCCCC3)O[C@@H]21. The van der Waals surface area contributed by atoms with Crippen LogP contribution < -0.4 is 5.73 Å². The molecule has 2 heterocycles. The molecular weight excluding hydrogens is 398 g/mol. The smallest absolute Gasteiger partial charge is 0.169 e. The van der Waals surface area contributed by atoms with Crippen molar-refractivity contribution in [2.75, 3.05) is 13.2 Å². The van der Waals surface area contributed by atoms with Crippen LogP contribution in [0.4, 0.5) is 0 Å². The number of aliphatic hydroxyl groups is 1. The molecule has 0 unspecified atom stereocenters. The lowest BCUT2D eigenvalue weighted by Crippen LogP contribution is -2.62. The van der Waals surface area contributed by atoms with E-state index in [9.17, 15) is 5.11 Å². The zero-order valence-corrected chi connectivity index (χ0v) is 18.8. The van der Waals surface area contributed by atoms with E-state index in [1.165, 1.54) is 12.8 Å². The first kappa shape index (κ1) is 22.5. The van der Waals surface area contributed by atoms with Crippen molar-refractivity contribution < 1.29 is 28.8 Å². The predicted octanol–water partition coefficient (Wildman–Crippen LogP) is 3.15. The second kappa shape index (κ2) is 9.53. The standard InChI is InChI=1S/C24H41NO6/c25-15-9-1-2-10-16-27-18-17(26)19-21(30-23(28-19)11-5-3-6-12-23)22-20(18)29-24(31-22)13-7-4-8-14-24/h17-22,26H,1-16,25H2/t17-,18-,19+,20+,21+,22-/m0/s1. The highest BCUT2D eigenvalue weighted by Gasteiger charge is 2.66. The van der Waals surface area contributed by atoms with Gasteiger partial charge in [-0.05, 0) is 45.1 Å². The van der Waals surface area contributed by atoms with E-state index in [1.54, 1.807) is 0 Å². The predicted molar refractivity (Wildman–Crippen MR) is 114 cm³/mol. The molecular formula is C24H41NO6. The summed E-state index contributed by atoms with van der Waals surface area (Å²) >= 11 is 0. The number of ether oxygens (including phenoxy) is 5. The first-order valence-corrected chi connectivity index (χ1v) is 12.9. The van der Waals surface area contributed by atoms with Crippen molar-refractivity contribution in [3.63, 3.8) is 0 Å². The largest absolute Gasteiger partial charge is 0.387 e. The highest BCUT2D eigenvalue weighted by atomic mass is 16.8. The van der Waals surface area contributed by atoms with E-state index in [0.717, 1.165) is 83.6 Å². The molecule has 2 spiro atoms. The van der Waals surface area contributed by atoms with E-state index in [4.69, 9.17) is 29.4 Å². The molecule has 0 radical (unpaired) electrons. The van der Waals surface area contributed by atoms with E-state index in [0.29, 0.717) is 6.61 Å². The highest BCUT2D eigenvalue weighted by Crippen LogP contribution is 2.51. The van der Waals surface area contributed by atoms with Crippen molar-refractivity contribution in [3.05, 3.63) is 0 Å². The van der Waals surface area contributed by atoms with Crippen LogP contribution in [0.15, 0.2) is 0 Å². The van der Waals surface area contributed by atoms with Gasteiger partial charge in [-0.3, -0.25) is 0 Å². The molecule has 0 aromatic carbocycles. The fraction of sp³-hybridized carbons (Fsp3) is 1.00. The zero-order chi connectivity index (χ0) is 21.3. The van der Waals surface area contributed by atoms with Crippen molar-refractivity contribution >= 4 is 0 Å². The third-order valence-electron chi connectivity index (χ3n) is 8.01. The first-order chi connectivity index (χ1) is 15.2. The van der Waals surface area contributed by atoms with E-state index >= 15 is 0 Å². The number of aliphatic hydroxyl groups excluding tert-OH is 1. The van der Waals surface area contributed by atoms with Crippen LogP contribution in [-0.4, -0.2) is 66.5 Å². The number of unbranched alkanes of at least 4 members (excludes halogenated alkanes) is 3. The van der Waals surface area contributed by atoms with Gasteiger partial charge in [0.2, 0.25) is 0 Å². The number of hydrogen-bond donors (Lipinski definition) is 2. The molecule has 6 atom stereocenters. The molecule has 0 aromatic heterocycles. The average Bonchev–Trinajstić information content (AvgIpc) is 3.33. The van der Waals surface area contributed by atoms with Gasteiger partial charge >= 0.3 is 0 Å². The van der Waals surface area contributed by atoms with Crippen LogP contribution in [0.2, 0.25) is 0 Å². The van der Waals surface area contributed by atoms with Crippen molar-refractivity contribution in [2.24, 2.45) is 5.73 Å². The van der Waals surface area contributed by atoms with Crippen LogP contribution in [0.1, 0.15) is 89.9 Å². The molecule has 2 aliphatic heterocycles. The quantitative estimate of drug-likeness (QED) is 0.589. The Labute approximate surface area is 186 Å². The van der Waals surface area contributed by atoms with Gasteiger partial charge in [0.1, 0.15) is 36.6 Å². The minimum atomic E-state index is -0.765. The second-order valence-corrected chi connectivity index (χ2v) is 10.3. The van der Waals surface area contributed by atoms with E-state index in [-0.39, 0.29) is 18.3 Å². The topological polar surface area (TPSA) is 92.4 Å². The Morgan fingerprint density at radius 2 is 1.19 bits per heavy atom. The Morgan fingerprint density at radius 1 is 0.677 bits per heavy atom. The second-order valence-electron chi connectivity index (χ2n) is 10.3. The van der Waals surface area contributed by atoms with Gasteiger partial charge in [0.05, 0.1) is 0 Å². The van der Waals surface area contributed by atoms with Gasteiger partial charge in [-0.1, -0.05) is 25.7 Å². The lowest BCUT2D eigenvalue weighted by molar-refractivity contribution is -0.227. The Bertz CT molecular complexity index is 591. The Hall–Kier alpha value is -0.280. The third kappa shape index (κ3) is 4.44. The summed E-state index contributed by atoms with van der Waals surface area (Å²) in [6, 6.07) is 0. The molecule has 2 saturated heterocycles. The summed E-state index contributed by atoms with van der Waals surface area (Å²) in [5.74, 6) is -1.11. The van der Waals surface area contributed by atoms with Gasteiger partial charge < -0.3 is 34.5 Å². The molecule has 5 rings (SSSR count). The summed E-state index contributed by atoms with van der Waals surface area (Å²) in [6.07, 6.45) is 12.2. The summed E-state index contributed by atoms with van der Waals surface area (Å²) in [4.78, 5) is 0. The minimum Gasteiger partial charge on any atom is -0.387 e. The fourth-order valence-electron chi connectivity index (χ4n) is 6.39. The number of nitrogens with two attached hydrogens (primary N) is 1. The monoisotopic (exact) mass is 439 g/mol. The van der Waals surface area contributed by atoms with E-state index < -0.39 is 29.9 Å². The first-order valence-electron chi connectivity index (χ1n) is 12.9. The summed E-state index contributed by atoms with van der Waals surface area (Å²) in [5, 5.41) is 11.3. The summed E-state index contributed by atoms with van der Waals surface area (Å²) in [5.41, 5.74) is 5.59. The van der Waals surface area contributed by atoms with Crippen molar-refractivity contribution in [1.82, 2.24) is 0 Å². The highest BCUT2D eigenvalue weighted by molar-refractivity contribution is 5.10. The lowest BCUT2D eigenvalue weighted by Gasteiger charge is -2.40. The molecule has 5 fully saturated rings. The molecule has 3 saturated carbocycles. The van der Waals surface area contributed by atoms with Crippen molar-refractivity contribution in [1.29, 1.82) is 0 Å². The number of rotatable bonds is 7. The third-order valence-corrected chi connectivity index (χ3v) is 8.01. The van der Waals surface area contributed by atoms with Gasteiger partial charge in [-0.2, -0.15) is 0 Å². The van der Waals surface area contributed by atoms with Crippen molar-refractivity contribution in [2.45, 2.75) is 138 Å². The molecule has 7 nitrogen and oxygen atoms in total. The van der Waals surface area contributed by atoms with Crippen LogP contribution in [0, 0.1) is 0 Å². The van der Waals surface area contributed by atoms with Crippen LogP contribution in [-0.2, 0) is 23.7 Å². The Morgan fingerprint density at radius 3 is 1.81 bits per heavy atom. The summed E-state index contributed by atoms with van der Waals surface area (Å²) in [7, 11) is 0. The maximum atomic E-state index is 11.3. The minimum absolute atomic E-state index is 0.241. The summed E-state index contributed by atoms with van der Waals surface area (Å²) < 4.78 is 32.6. The molecule has 7 heteroatoms. The average molecular weight is 440 g/mol. The van der Waals surface area contributed by atoms with Crippen LogP contribution in [0.3, 0.4) is 0 Å². The molecule has 31 heavy (non-hydrogen) atoms. The number of fused-ring (bicyclic) bond motifs is 3. The molecule has 0 amide bonds. The fourth-order valence-corrected chi connectivity index (χ4v) is 6.39. The Kier molecular flexibility index (Phi) is 6.92. The number of hydrogen-bond acceptors (Lipinski definition) is 7.